The molecule has 0 atom stereocenters. The first kappa shape index (κ1) is 18.7. The molecule has 3 aromatic rings. The molecule has 0 saturated carbocycles. The van der Waals surface area contributed by atoms with E-state index in [4.69, 9.17) is 9.47 Å². The summed E-state index contributed by atoms with van der Waals surface area (Å²) in [5.74, 6) is 0.517. The number of para-hydroxylation sites is 1. The van der Waals surface area contributed by atoms with Gasteiger partial charge in [-0.05, 0) is 51.4 Å². The zero-order valence-electron chi connectivity index (χ0n) is 15.6. The van der Waals surface area contributed by atoms with Gasteiger partial charge in [0.05, 0.1) is 12.3 Å². The summed E-state index contributed by atoms with van der Waals surface area (Å²) in [5.41, 5.74) is 0.590. The Morgan fingerprint density at radius 3 is 2.48 bits per heavy atom. The predicted molar refractivity (Wildman–Crippen MR) is 103 cm³/mol. The lowest BCUT2D eigenvalue weighted by Crippen LogP contribution is -2.15. The summed E-state index contributed by atoms with van der Waals surface area (Å²) < 4.78 is 10.9. The number of esters is 1. The first-order valence-corrected chi connectivity index (χ1v) is 8.70. The molecule has 0 amide bonds. The Kier molecular flexibility index (Phi) is 5.57. The second-order valence-electron chi connectivity index (χ2n) is 6.34. The van der Waals surface area contributed by atoms with E-state index >= 15 is 0 Å². The lowest BCUT2D eigenvalue weighted by Gasteiger charge is -2.15. The van der Waals surface area contributed by atoms with Gasteiger partial charge in [-0.25, -0.2) is 9.78 Å². The van der Waals surface area contributed by atoms with Gasteiger partial charge >= 0.3 is 5.97 Å². The maximum atomic E-state index is 12.2. The average Bonchev–Trinajstić information content (AvgIpc) is 2.64. The van der Waals surface area contributed by atoms with Gasteiger partial charge in [0.1, 0.15) is 11.5 Å². The van der Waals surface area contributed by atoms with Gasteiger partial charge in [-0.15, -0.1) is 0 Å². The van der Waals surface area contributed by atoms with Crippen LogP contribution in [0.4, 0.5) is 0 Å². The number of hydrogen-bond donors (Lipinski definition) is 1. The molecule has 6 heteroatoms. The van der Waals surface area contributed by atoms with Crippen molar-refractivity contribution in [2.75, 3.05) is 20.7 Å². The molecule has 1 aromatic heterocycles. The summed E-state index contributed by atoms with van der Waals surface area (Å²) in [6, 6.07) is 14.7. The van der Waals surface area contributed by atoms with Crippen LogP contribution in [-0.4, -0.2) is 41.7 Å². The van der Waals surface area contributed by atoms with Gasteiger partial charge in [0.25, 0.3) is 0 Å². The predicted octanol–water partition coefficient (Wildman–Crippen LogP) is 3.97. The lowest BCUT2D eigenvalue weighted by atomic mass is 10.1. The maximum Gasteiger partial charge on any atom is 0.360 e. The number of benzene rings is 2. The summed E-state index contributed by atoms with van der Waals surface area (Å²) in [6.45, 7) is 2.42. The fourth-order valence-electron chi connectivity index (χ4n) is 2.79. The van der Waals surface area contributed by atoms with Crippen molar-refractivity contribution in [1.29, 1.82) is 0 Å². The van der Waals surface area contributed by atoms with Crippen molar-refractivity contribution in [2.24, 2.45) is 0 Å². The highest BCUT2D eigenvalue weighted by Crippen LogP contribution is 2.34. The highest BCUT2D eigenvalue weighted by atomic mass is 16.5. The zero-order chi connectivity index (χ0) is 19.4. The van der Waals surface area contributed by atoms with Gasteiger partial charge in [-0.1, -0.05) is 18.2 Å². The monoisotopic (exact) mass is 366 g/mol. The smallest absolute Gasteiger partial charge is 0.360 e. The highest BCUT2D eigenvalue weighted by Gasteiger charge is 2.21. The van der Waals surface area contributed by atoms with E-state index in [1.807, 2.05) is 55.4 Å². The van der Waals surface area contributed by atoms with Crippen LogP contribution in [-0.2, 0) is 11.3 Å². The van der Waals surface area contributed by atoms with Crippen LogP contribution in [0.15, 0.2) is 48.5 Å². The van der Waals surface area contributed by atoms with Crippen LogP contribution >= 0.6 is 0 Å². The third-order valence-electron chi connectivity index (χ3n) is 3.94. The van der Waals surface area contributed by atoms with E-state index in [0.29, 0.717) is 29.1 Å². The summed E-state index contributed by atoms with van der Waals surface area (Å²) >= 11 is 0. The summed E-state index contributed by atoms with van der Waals surface area (Å²) in [6.07, 6.45) is 0. The Balaban J connectivity index is 2.10. The van der Waals surface area contributed by atoms with Gasteiger partial charge in [-0.2, -0.15) is 0 Å². The van der Waals surface area contributed by atoms with E-state index < -0.39 is 5.97 Å². The number of hydrogen-bond acceptors (Lipinski definition) is 6. The van der Waals surface area contributed by atoms with Crippen molar-refractivity contribution >= 4 is 16.7 Å². The maximum absolute atomic E-state index is 12.2. The Morgan fingerprint density at radius 2 is 1.81 bits per heavy atom. The molecule has 1 heterocycles. The lowest BCUT2D eigenvalue weighted by molar-refractivity contribution is 0.0515. The Bertz CT molecular complexity index is 955. The number of fused-ring (bicyclic) bond motifs is 1. The first-order chi connectivity index (χ1) is 13.0. The van der Waals surface area contributed by atoms with E-state index in [1.165, 1.54) is 0 Å². The second-order valence-corrected chi connectivity index (χ2v) is 6.34. The van der Waals surface area contributed by atoms with E-state index in [-0.39, 0.29) is 18.1 Å². The number of carbonyl (C=O) groups excluding carboxylic acids is 1. The van der Waals surface area contributed by atoms with Crippen LogP contribution < -0.4 is 4.74 Å². The third kappa shape index (κ3) is 4.17. The van der Waals surface area contributed by atoms with Crippen molar-refractivity contribution in [1.82, 2.24) is 9.88 Å². The molecule has 6 nitrogen and oxygen atoms in total. The molecule has 140 valence electrons. The van der Waals surface area contributed by atoms with Gasteiger partial charge in [0.2, 0.25) is 0 Å². The molecule has 0 bridgehead atoms. The number of ether oxygens (including phenoxy) is 2. The number of rotatable bonds is 6. The van der Waals surface area contributed by atoms with Crippen LogP contribution in [0.3, 0.4) is 0 Å². The van der Waals surface area contributed by atoms with Crippen molar-refractivity contribution in [3.63, 3.8) is 0 Å². The van der Waals surface area contributed by atoms with Crippen molar-refractivity contribution < 1.29 is 19.4 Å². The molecule has 0 aliphatic rings. The van der Waals surface area contributed by atoms with Gasteiger partial charge in [-0.3, -0.25) is 0 Å². The van der Waals surface area contributed by atoms with E-state index in [1.54, 1.807) is 19.1 Å². The number of nitrogens with zero attached hydrogens (tertiary/aromatic N) is 2. The highest BCUT2D eigenvalue weighted by molar-refractivity contribution is 6.00. The average molecular weight is 366 g/mol. The second kappa shape index (κ2) is 8.05. The topological polar surface area (TPSA) is 71.9 Å². The SMILES string of the molecule is CCOC(=O)c1nc(CN(C)C)c2cc(Oc3ccccc3)ccc2c1O. The van der Waals surface area contributed by atoms with Crippen LogP contribution in [0.2, 0.25) is 0 Å². The molecular weight excluding hydrogens is 344 g/mol. The number of pyridine rings is 1. The largest absolute Gasteiger partial charge is 0.505 e. The summed E-state index contributed by atoms with van der Waals surface area (Å²) in [7, 11) is 3.82. The molecule has 1 N–H and O–H groups in total. The first-order valence-electron chi connectivity index (χ1n) is 8.70. The van der Waals surface area contributed by atoms with Crippen molar-refractivity contribution in [2.45, 2.75) is 13.5 Å². The Hall–Kier alpha value is -3.12. The number of aromatic hydroxyl groups is 1. The minimum atomic E-state index is -0.637. The zero-order valence-corrected chi connectivity index (χ0v) is 15.6. The van der Waals surface area contributed by atoms with Gasteiger partial charge in [0, 0.05) is 17.3 Å². The molecule has 0 radical (unpaired) electrons. The van der Waals surface area contributed by atoms with Crippen LogP contribution in [0.1, 0.15) is 23.1 Å². The molecule has 0 aliphatic heterocycles. The number of aromatic nitrogens is 1. The number of carbonyl (C=O) groups is 1. The Labute approximate surface area is 158 Å². The van der Waals surface area contributed by atoms with Crippen LogP contribution in [0, 0.1) is 0 Å². The van der Waals surface area contributed by atoms with Gasteiger partial charge in [0.15, 0.2) is 11.4 Å². The minimum Gasteiger partial charge on any atom is -0.505 e. The summed E-state index contributed by atoms with van der Waals surface area (Å²) in [5, 5.41) is 11.8. The van der Waals surface area contributed by atoms with E-state index in [9.17, 15) is 9.90 Å². The normalized spacial score (nSPS) is 11.0. The van der Waals surface area contributed by atoms with E-state index in [0.717, 1.165) is 5.39 Å². The van der Waals surface area contributed by atoms with Crippen molar-refractivity contribution in [3.05, 3.63) is 59.9 Å². The van der Waals surface area contributed by atoms with Crippen molar-refractivity contribution in [3.8, 4) is 17.2 Å². The van der Waals surface area contributed by atoms with Crippen LogP contribution in [0.25, 0.3) is 10.8 Å². The molecule has 0 aliphatic carbocycles. The molecule has 3 rings (SSSR count). The third-order valence-corrected chi connectivity index (χ3v) is 3.94. The minimum absolute atomic E-state index is 0.0714. The summed E-state index contributed by atoms with van der Waals surface area (Å²) in [4.78, 5) is 18.5. The molecule has 0 fully saturated rings. The Morgan fingerprint density at radius 1 is 1.07 bits per heavy atom. The van der Waals surface area contributed by atoms with Crippen LogP contribution in [0.5, 0.6) is 17.2 Å². The van der Waals surface area contributed by atoms with E-state index in [2.05, 4.69) is 4.98 Å². The molecular formula is C21H22N2O4. The fourth-order valence-corrected chi connectivity index (χ4v) is 2.79. The molecule has 27 heavy (non-hydrogen) atoms. The quantitative estimate of drug-likeness (QED) is 0.666. The molecule has 0 saturated heterocycles. The standard InChI is InChI=1S/C21H22N2O4/c1-4-26-21(25)19-20(24)16-11-10-15(27-14-8-6-5-7-9-14)12-17(16)18(22-19)13-23(2)3/h5-12,24H,4,13H2,1-3H3. The molecule has 0 spiro atoms. The molecule has 0 unspecified atom stereocenters. The fraction of sp³-hybridized carbons (Fsp3) is 0.238. The molecule has 2 aromatic carbocycles. The van der Waals surface area contributed by atoms with Gasteiger partial charge < -0.3 is 19.5 Å².